The van der Waals surface area contributed by atoms with E-state index in [0.717, 1.165) is 22.2 Å². The molecule has 28 heavy (non-hydrogen) atoms. The number of rotatable bonds is 5. The summed E-state index contributed by atoms with van der Waals surface area (Å²) in [5.41, 5.74) is 4.50. The lowest BCUT2D eigenvalue weighted by atomic mass is 10.1. The van der Waals surface area contributed by atoms with E-state index in [2.05, 4.69) is 77.1 Å². The lowest BCUT2D eigenvalue weighted by Crippen LogP contribution is -2.00. The molecule has 4 rings (SSSR count). The molecule has 140 valence electrons. The molecule has 1 heterocycles. The molecular formula is C23H20ClN3S. The molecule has 0 N–H and O–H groups in total. The third-order valence-corrected chi connectivity index (χ3v) is 5.93. The average molecular weight is 406 g/mol. The number of aryl methyl sites for hydroxylation is 1. The number of thioether (sulfide) groups is 1. The highest BCUT2D eigenvalue weighted by Gasteiger charge is 2.19. The van der Waals surface area contributed by atoms with E-state index in [-0.39, 0.29) is 5.25 Å². The smallest absolute Gasteiger partial charge is 0.196 e. The highest BCUT2D eigenvalue weighted by molar-refractivity contribution is 7.99. The van der Waals surface area contributed by atoms with E-state index >= 15 is 0 Å². The van der Waals surface area contributed by atoms with Crippen LogP contribution in [0.4, 0.5) is 0 Å². The zero-order valence-corrected chi connectivity index (χ0v) is 17.3. The van der Waals surface area contributed by atoms with Crippen LogP contribution in [0.1, 0.15) is 23.3 Å². The molecule has 5 heteroatoms. The van der Waals surface area contributed by atoms with Crippen LogP contribution in [0.25, 0.3) is 17.1 Å². The Labute approximate surface area is 174 Å². The monoisotopic (exact) mass is 405 g/mol. The van der Waals surface area contributed by atoms with Crippen molar-refractivity contribution in [2.75, 3.05) is 0 Å². The molecule has 1 unspecified atom stereocenters. The Morgan fingerprint density at radius 1 is 0.857 bits per heavy atom. The zero-order chi connectivity index (χ0) is 19.5. The van der Waals surface area contributed by atoms with E-state index < -0.39 is 0 Å². The summed E-state index contributed by atoms with van der Waals surface area (Å²) in [6.45, 7) is 4.27. The predicted octanol–water partition coefficient (Wildman–Crippen LogP) is 6.75. The lowest BCUT2D eigenvalue weighted by molar-refractivity contribution is 0.878. The first-order valence-electron chi connectivity index (χ1n) is 9.12. The summed E-state index contributed by atoms with van der Waals surface area (Å²) in [6, 6.07) is 26.6. The van der Waals surface area contributed by atoms with E-state index in [4.69, 9.17) is 11.6 Å². The highest BCUT2D eigenvalue weighted by Crippen LogP contribution is 2.37. The Balaban J connectivity index is 1.78. The third-order valence-electron chi connectivity index (χ3n) is 4.58. The van der Waals surface area contributed by atoms with Crippen LogP contribution in [-0.4, -0.2) is 14.8 Å². The molecule has 0 saturated carbocycles. The molecule has 4 aromatic rings. The van der Waals surface area contributed by atoms with Gasteiger partial charge in [-0.25, -0.2) is 0 Å². The summed E-state index contributed by atoms with van der Waals surface area (Å²) in [5.74, 6) is 0.824. The lowest BCUT2D eigenvalue weighted by Gasteiger charge is -2.14. The fourth-order valence-electron chi connectivity index (χ4n) is 3.01. The number of hydrogen-bond acceptors (Lipinski definition) is 3. The number of hydrogen-bond donors (Lipinski definition) is 0. The molecule has 0 saturated heterocycles. The van der Waals surface area contributed by atoms with Gasteiger partial charge in [0.2, 0.25) is 0 Å². The second-order valence-corrected chi connectivity index (χ2v) is 8.40. The standard InChI is InChI=1S/C23H20ClN3S/c1-16-8-10-19(11-9-16)22-25-26-23(27(22)21-14-12-20(24)13-15-21)28-17(2)18-6-4-3-5-7-18/h3-15,17H,1-2H3. The maximum atomic E-state index is 6.11. The fourth-order valence-corrected chi connectivity index (χ4v) is 4.13. The molecule has 0 spiro atoms. The van der Waals surface area contributed by atoms with Crippen LogP contribution in [0.5, 0.6) is 0 Å². The van der Waals surface area contributed by atoms with E-state index in [1.165, 1.54) is 11.1 Å². The van der Waals surface area contributed by atoms with Crippen molar-refractivity contribution >= 4 is 23.4 Å². The quantitative estimate of drug-likeness (QED) is 0.344. The molecular weight excluding hydrogens is 386 g/mol. The summed E-state index contributed by atoms with van der Waals surface area (Å²) in [5, 5.41) is 10.9. The highest BCUT2D eigenvalue weighted by atomic mass is 35.5. The van der Waals surface area contributed by atoms with Gasteiger partial charge in [0.25, 0.3) is 0 Å². The minimum atomic E-state index is 0.252. The van der Waals surface area contributed by atoms with Gasteiger partial charge < -0.3 is 0 Å². The Morgan fingerprint density at radius 2 is 1.54 bits per heavy atom. The van der Waals surface area contributed by atoms with Crippen molar-refractivity contribution in [1.29, 1.82) is 0 Å². The van der Waals surface area contributed by atoms with E-state index in [1.54, 1.807) is 11.8 Å². The number of halogens is 1. The van der Waals surface area contributed by atoms with Crippen molar-refractivity contribution in [1.82, 2.24) is 14.8 Å². The van der Waals surface area contributed by atoms with Crippen molar-refractivity contribution in [3.8, 4) is 17.1 Å². The van der Waals surface area contributed by atoms with Crippen molar-refractivity contribution in [2.24, 2.45) is 0 Å². The first-order chi connectivity index (χ1) is 13.6. The Kier molecular flexibility index (Phi) is 5.51. The summed E-state index contributed by atoms with van der Waals surface area (Å²) >= 11 is 7.80. The van der Waals surface area contributed by atoms with Crippen LogP contribution in [0, 0.1) is 6.92 Å². The van der Waals surface area contributed by atoms with Crippen molar-refractivity contribution in [2.45, 2.75) is 24.3 Å². The molecule has 1 aromatic heterocycles. The molecule has 0 aliphatic heterocycles. The third kappa shape index (κ3) is 3.98. The first kappa shape index (κ1) is 18.8. The van der Waals surface area contributed by atoms with E-state index in [0.29, 0.717) is 5.02 Å². The zero-order valence-electron chi connectivity index (χ0n) is 15.7. The van der Waals surface area contributed by atoms with Crippen LogP contribution in [-0.2, 0) is 0 Å². The Morgan fingerprint density at radius 3 is 2.21 bits per heavy atom. The summed E-state index contributed by atoms with van der Waals surface area (Å²) in [7, 11) is 0. The first-order valence-corrected chi connectivity index (χ1v) is 10.4. The summed E-state index contributed by atoms with van der Waals surface area (Å²) in [4.78, 5) is 0. The molecule has 1 atom stereocenters. The van der Waals surface area contributed by atoms with Gasteiger partial charge in [0.05, 0.1) is 0 Å². The minimum Gasteiger partial charge on any atom is -0.270 e. The van der Waals surface area contributed by atoms with Gasteiger partial charge in [0.1, 0.15) is 0 Å². The van der Waals surface area contributed by atoms with Gasteiger partial charge in [-0.15, -0.1) is 10.2 Å². The molecule has 3 aromatic carbocycles. The number of nitrogens with zero attached hydrogens (tertiary/aromatic N) is 3. The number of aromatic nitrogens is 3. The van der Waals surface area contributed by atoms with Gasteiger partial charge in [-0.05, 0) is 43.7 Å². The normalized spacial score (nSPS) is 12.1. The van der Waals surface area contributed by atoms with Gasteiger partial charge in [-0.3, -0.25) is 4.57 Å². The molecule has 0 fully saturated rings. The fraction of sp³-hybridized carbons (Fsp3) is 0.130. The van der Waals surface area contributed by atoms with Gasteiger partial charge in [0, 0.05) is 21.5 Å². The van der Waals surface area contributed by atoms with Crippen LogP contribution in [0.15, 0.2) is 84.0 Å². The molecule has 0 radical (unpaired) electrons. The Hall–Kier alpha value is -2.56. The maximum absolute atomic E-state index is 6.11. The van der Waals surface area contributed by atoms with E-state index in [1.807, 2.05) is 30.3 Å². The molecule has 0 bridgehead atoms. The largest absolute Gasteiger partial charge is 0.270 e. The molecule has 0 aliphatic rings. The van der Waals surface area contributed by atoms with Crippen LogP contribution in [0.3, 0.4) is 0 Å². The molecule has 3 nitrogen and oxygen atoms in total. The topological polar surface area (TPSA) is 30.7 Å². The minimum absolute atomic E-state index is 0.252. The van der Waals surface area contributed by atoms with Crippen molar-refractivity contribution in [3.63, 3.8) is 0 Å². The van der Waals surface area contributed by atoms with Crippen LogP contribution >= 0.6 is 23.4 Å². The summed E-state index contributed by atoms with van der Waals surface area (Å²) < 4.78 is 2.10. The van der Waals surface area contributed by atoms with Gasteiger partial charge in [-0.1, -0.05) is 83.5 Å². The second-order valence-electron chi connectivity index (χ2n) is 6.65. The van der Waals surface area contributed by atoms with Gasteiger partial charge in [0.15, 0.2) is 11.0 Å². The maximum Gasteiger partial charge on any atom is 0.196 e. The van der Waals surface area contributed by atoms with E-state index in [9.17, 15) is 0 Å². The average Bonchev–Trinajstić information content (AvgIpc) is 3.13. The van der Waals surface area contributed by atoms with Gasteiger partial charge in [-0.2, -0.15) is 0 Å². The van der Waals surface area contributed by atoms with Crippen molar-refractivity contribution < 1.29 is 0 Å². The Bertz CT molecular complexity index is 1060. The van der Waals surface area contributed by atoms with Crippen LogP contribution < -0.4 is 0 Å². The van der Waals surface area contributed by atoms with Crippen LogP contribution in [0.2, 0.25) is 5.02 Å². The van der Waals surface area contributed by atoms with Crippen molar-refractivity contribution in [3.05, 3.63) is 95.0 Å². The predicted molar refractivity (Wildman–Crippen MR) is 117 cm³/mol. The molecule has 0 aliphatic carbocycles. The second kappa shape index (κ2) is 8.21. The summed E-state index contributed by atoms with van der Waals surface area (Å²) in [6.07, 6.45) is 0. The van der Waals surface area contributed by atoms with Gasteiger partial charge >= 0.3 is 0 Å². The molecule has 0 amide bonds. The SMILES string of the molecule is Cc1ccc(-c2nnc(SC(C)c3ccccc3)n2-c2ccc(Cl)cc2)cc1. The number of benzene rings is 3.